The SMILES string of the molecule is Cc1con(C=O)c1=O. The van der Waals surface area contributed by atoms with Gasteiger partial charge in [-0.1, -0.05) is 0 Å². The average molecular weight is 127 g/mol. The fourth-order valence-corrected chi connectivity index (χ4v) is 0.481. The Hall–Kier alpha value is -1.32. The Kier molecular flexibility index (Phi) is 1.22. The van der Waals surface area contributed by atoms with Crippen molar-refractivity contribution in [3.63, 3.8) is 0 Å². The second-order valence-electron chi connectivity index (χ2n) is 1.64. The molecule has 0 bridgehead atoms. The maximum atomic E-state index is 10.6. The highest BCUT2D eigenvalue weighted by Crippen LogP contribution is 1.85. The Bertz CT molecular complexity index is 270. The number of rotatable bonds is 1. The molecule has 0 aliphatic heterocycles. The zero-order valence-electron chi connectivity index (χ0n) is 4.83. The number of aromatic nitrogens is 1. The molecule has 0 radical (unpaired) electrons. The number of nitrogens with zero attached hydrogens (tertiary/aromatic N) is 1. The van der Waals surface area contributed by atoms with E-state index in [4.69, 9.17) is 0 Å². The Balaban J connectivity index is 3.36. The lowest BCUT2D eigenvalue weighted by Gasteiger charge is -1.76. The van der Waals surface area contributed by atoms with Crippen LogP contribution in [0.2, 0.25) is 0 Å². The Morgan fingerprint density at radius 2 is 2.44 bits per heavy atom. The topological polar surface area (TPSA) is 52.2 Å². The van der Waals surface area contributed by atoms with Crippen molar-refractivity contribution < 1.29 is 9.32 Å². The van der Waals surface area contributed by atoms with Crippen LogP contribution in [0.4, 0.5) is 0 Å². The summed E-state index contributed by atoms with van der Waals surface area (Å²) in [5.74, 6) is 0. The normalized spacial score (nSPS) is 9.44. The van der Waals surface area contributed by atoms with Gasteiger partial charge in [0.25, 0.3) is 12.0 Å². The highest BCUT2D eigenvalue weighted by Gasteiger charge is 1.99. The van der Waals surface area contributed by atoms with Crippen LogP contribution >= 0.6 is 0 Å². The molecule has 1 aromatic rings. The molecule has 0 aromatic carbocycles. The summed E-state index contributed by atoms with van der Waals surface area (Å²) >= 11 is 0. The van der Waals surface area contributed by atoms with E-state index in [1.807, 2.05) is 0 Å². The summed E-state index contributed by atoms with van der Waals surface area (Å²) in [5.41, 5.74) is 0.0344. The quantitative estimate of drug-likeness (QED) is 0.490. The second kappa shape index (κ2) is 1.89. The van der Waals surface area contributed by atoms with Crippen LogP contribution in [0.5, 0.6) is 0 Å². The first-order chi connectivity index (χ1) is 4.25. The van der Waals surface area contributed by atoms with Crippen LogP contribution in [-0.2, 0) is 4.79 Å². The van der Waals surface area contributed by atoms with Crippen molar-refractivity contribution in [2.24, 2.45) is 0 Å². The summed E-state index contributed by atoms with van der Waals surface area (Å²) in [4.78, 5) is 20.5. The highest BCUT2D eigenvalue weighted by atomic mass is 16.5. The zero-order chi connectivity index (χ0) is 6.85. The van der Waals surface area contributed by atoms with E-state index in [1.165, 1.54) is 6.26 Å². The lowest BCUT2D eigenvalue weighted by molar-refractivity contribution is 0.342. The van der Waals surface area contributed by atoms with E-state index in [0.29, 0.717) is 16.7 Å². The van der Waals surface area contributed by atoms with Gasteiger partial charge in [0.05, 0.1) is 5.56 Å². The molecule has 9 heavy (non-hydrogen) atoms. The van der Waals surface area contributed by atoms with Crippen molar-refractivity contribution in [3.05, 3.63) is 22.2 Å². The summed E-state index contributed by atoms with van der Waals surface area (Å²) in [6, 6.07) is 0. The lowest BCUT2D eigenvalue weighted by atomic mass is 10.4. The van der Waals surface area contributed by atoms with Crippen molar-refractivity contribution in [3.8, 4) is 0 Å². The van der Waals surface area contributed by atoms with Crippen molar-refractivity contribution in [2.75, 3.05) is 0 Å². The molecule has 1 aromatic heterocycles. The predicted molar refractivity (Wildman–Crippen MR) is 29.9 cm³/mol. The summed E-state index contributed by atoms with van der Waals surface area (Å²) in [5, 5.41) is 0. The Labute approximate surface area is 50.7 Å². The maximum Gasteiger partial charge on any atom is 0.292 e. The molecule has 0 saturated heterocycles. The van der Waals surface area contributed by atoms with Crippen molar-refractivity contribution in [2.45, 2.75) is 6.92 Å². The summed E-state index contributed by atoms with van der Waals surface area (Å²) in [6.45, 7) is 1.58. The van der Waals surface area contributed by atoms with Crippen LogP contribution in [-0.4, -0.2) is 11.1 Å². The van der Waals surface area contributed by atoms with Gasteiger partial charge in [-0.25, -0.2) is 0 Å². The molecule has 0 amide bonds. The fraction of sp³-hybridized carbons (Fsp3) is 0.200. The fourth-order valence-electron chi connectivity index (χ4n) is 0.481. The van der Waals surface area contributed by atoms with Gasteiger partial charge >= 0.3 is 0 Å². The molecule has 0 saturated carbocycles. The predicted octanol–water partition coefficient (Wildman–Crippen LogP) is -0.212. The molecule has 0 N–H and O–H groups in total. The summed E-state index contributed by atoms with van der Waals surface area (Å²) in [7, 11) is 0. The largest absolute Gasteiger partial charge is 0.376 e. The van der Waals surface area contributed by atoms with Gasteiger partial charge in [0.1, 0.15) is 6.26 Å². The van der Waals surface area contributed by atoms with Gasteiger partial charge in [-0.15, -0.1) is 4.74 Å². The Morgan fingerprint density at radius 1 is 1.78 bits per heavy atom. The zero-order valence-corrected chi connectivity index (χ0v) is 4.83. The highest BCUT2D eigenvalue weighted by molar-refractivity contribution is 5.49. The van der Waals surface area contributed by atoms with Crippen LogP contribution < -0.4 is 5.56 Å². The molecular formula is C5H5NO3. The van der Waals surface area contributed by atoms with Crippen molar-refractivity contribution in [1.82, 2.24) is 4.74 Å². The van der Waals surface area contributed by atoms with Gasteiger partial charge in [0, 0.05) is 0 Å². The third kappa shape index (κ3) is 0.782. The van der Waals surface area contributed by atoms with Gasteiger partial charge in [-0.05, 0) is 6.92 Å². The van der Waals surface area contributed by atoms with Gasteiger partial charge in [-0.3, -0.25) is 9.59 Å². The molecule has 0 unspecified atom stereocenters. The monoisotopic (exact) mass is 127 g/mol. The van der Waals surface area contributed by atoms with Crippen LogP contribution in [0.3, 0.4) is 0 Å². The molecule has 0 fully saturated rings. The first-order valence-corrected chi connectivity index (χ1v) is 2.38. The summed E-state index contributed by atoms with van der Waals surface area (Å²) < 4.78 is 5.11. The third-order valence-corrected chi connectivity index (χ3v) is 0.976. The van der Waals surface area contributed by atoms with Crippen LogP contribution in [0, 0.1) is 6.92 Å². The van der Waals surface area contributed by atoms with E-state index in [0.717, 1.165) is 0 Å². The average Bonchev–Trinajstić information content (AvgIpc) is 2.15. The van der Waals surface area contributed by atoms with Gasteiger partial charge in [-0.2, -0.15) is 0 Å². The summed E-state index contributed by atoms with van der Waals surface area (Å²) in [6.07, 6.45) is 1.56. The van der Waals surface area contributed by atoms with Crippen molar-refractivity contribution >= 4 is 6.41 Å². The molecule has 4 nitrogen and oxygen atoms in total. The second-order valence-corrected chi connectivity index (χ2v) is 1.64. The van der Waals surface area contributed by atoms with Crippen LogP contribution in [0.15, 0.2) is 15.6 Å². The standard InChI is InChI=1S/C5H5NO3/c1-4-2-9-6(3-7)5(4)8/h2-3H,1H3. The van der Waals surface area contributed by atoms with Crippen LogP contribution in [0.1, 0.15) is 5.56 Å². The molecule has 0 aliphatic carbocycles. The number of aryl methyl sites for hydroxylation is 1. The number of carbonyl (C=O) groups excluding carboxylic acids is 1. The van der Waals surface area contributed by atoms with E-state index >= 15 is 0 Å². The van der Waals surface area contributed by atoms with E-state index in [-0.39, 0.29) is 0 Å². The maximum absolute atomic E-state index is 10.6. The van der Waals surface area contributed by atoms with Crippen molar-refractivity contribution in [1.29, 1.82) is 0 Å². The number of hydrogen-bond acceptors (Lipinski definition) is 3. The van der Waals surface area contributed by atoms with E-state index in [1.54, 1.807) is 6.92 Å². The molecule has 0 spiro atoms. The molecule has 4 heteroatoms. The minimum atomic E-state index is -0.398. The molecule has 0 atom stereocenters. The smallest absolute Gasteiger partial charge is 0.292 e. The van der Waals surface area contributed by atoms with E-state index < -0.39 is 5.56 Å². The van der Waals surface area contributed by atoms with E-state index in [2.05, 4.69) is 4.52 Å². The first kappa shape index (κ1) is 5.81. The first-order valence-electron chi connectivity index (χ1n) is 2.38. The van der Waals surface area contributed by atoms with Gasteiger partial charge in [0.2, 0.25) is 0 Å². The van der Waals surface area contributed by atoms with Gasteiger partial charge in [0.15, 0.2) is 0 Å². The number of hydrogen-bond donors (Lipinski definition) is 0. The lowest BCUT2D eigenvalue weighted by Crippen LogP contribution is -2.14. The molecule has 48 valence electrons. The molecule has 0 aliphatic rings. The molecule has 1 rings (SSSR count). The minimum Gasteiger partial charge on any atom is -0.376 e. The molecular weight excluding hydrogens is 122 g/mol. The van der Waals surface area contributed by atoms with E-state index in [9.17, 15) is 9.59 Å². The number of carbonyl (C=O) groups is 1. The Morgan fingerprint density at radius 3 is 2.67 bits per heavy atom. The minimum absolute atomic E-state index is 0.329. The van der Waals surface area contributed by atoms with Gasteiger partial charge < -0.3 is 4.52 Å². The third-order valence-electron chi connectivity index (χ3n) is 0.976. The van der Waals surface area contributed by atoms with Crippen LogP contribution in [0.25, 0.3) is 0 Å². The molecule has 1 heterocycles.